The van der Waals surface area contributed by atoms with Gasteiger partial charge in [-0.15, -0.1) is 0 Å². The predicted molar refractivity (Wildman–Crippen MR) is 92.7 cm³/mol. The van der Waals surface area contributed by atoms with E-state index in [4.69, 9.17) is 0 Å². The third-order valence-corrected chi connectivity index (χ3v) is 7.26. The largest absolute Gasteiger partial charge is 0.302 e. The highest BCUT2D eigenvalue weighted by molar-refractivity contribution is 5.08. The molecule has 2 nitrogen and oxygen atoms in total. The molecule has 2 heterocycles. The average Bonchev–Trinajstić information content (AvgIpc) is 3.01. The fraction of sp³-hybridized carbons (Fsp3) is 1.00. The summed E-state index contributed by atoms with van der Waals surface area (Å²) in [6, 6.07) is 0. The average molecular weight is 305 g/mol. The first-order chi connectivity index (χ1) is 10.5. The van der Waals surface area contributed by atoms with Crippen LogP contribution in [0.3, 0.4) is 0 Å². The summed E-state index contributed by atoms with van der Waals surface area (Å²) in [6.07, 6.45) is 3.11. The van der Waals surface area contributed by atoms with Gasteiger partial charge in [-0.25, -0.2) is 0 Å². The summed E-state index contributed by atoms with van der Waals surface area (Å²) >= 11 is 0. The number of likely N-dealkylation sites (tertiary alicyclic amines) is 2. The molecule has 0 radical (unpaired) electrons. The molecule has 2 aliphatic heterocycles. The molecule has 0 N–H and O–H groups in total. The van der Waals surface area contributed by atoms with Crippen LogP contribution in [-0.4, -0.2) is 49.1 Å². The normalized spacial score (nSPS) is 45.0. The summed E-state index contributed by atoms with van der Waals surface area (Å²) in [5.74, 6) is 8.01. The SMILES string of the molecule is CC(C)CN1CC2C3CCC(C2C1)C1CN(CC(C)C)CC31. The quantitative estimate of drug-likeness (QED) is 0.785. The van der Waals surface area contributed by atoms with Gasteiger partial charge in [-0.1, -0.05) is 27.7 Å². The molecule has 0 aromatic carbocycles. The van der Waals surface area contributed by atoms with Gasteiger partial charge in [0, 0.05) is 39.3 Å². The highest BCUT2D eigenvalue weighted by atomic mass is 15.2. The lowest BCUT2D eigenvalue weighted by Crippen LogP contribution is -2.49. The molecule has 5 rings (SSSR count). The minimum atomic E-state index is 0.832. The monoisotopic (exact) mass is 304 g/mol. The van der Waals surface area contributed by atoms with Gasteiger partial charge in [0.1, 0.15) is 0 Å². The summed E-state index contributed by atoms with van der Waals surface area (Å²) < 4.78 is 0. The molecule has 3 saturated carbocycles. The standard InChI is InChI=1S/C20H36N2/c1-13(2)7-21-9-17-15-5-6-16(18(17)10-21)20-12-22(8-14(3)4)11-19(15)20/h13-20H,5-12H2,1-4H3. The molecule has 0 aromatic heterocycles. The van der Waals surface area contributed by atoms with Crippen molar-refractivity contribution in [1.82, 2.24) is 9.80 Å². The van der Waals surface area contributed by atoms with E-state index in [0.29, 0.717) is 0 Å². The van der Waals surface area contributed by atoms with E-state index < -0.39 is 0 Å². The van der Waals surface area contributed by atoms with Crippen LogP contribution in [0.4, 0.5) is 0 Å². The Labute approximate surface area is 137 Å². The lowest BCUT2D eigenvalue weighted by Gasteiger charge is -2.52. The number of fused-ring (bicyclic) bond motifs is 1. The second kappa shape index (κ2) is 5.77. The van der Waals surface area contributed by atoms with Crippen LogP contribution in [0, 0.1) is 47.3 Å². The number of hydrogen-bond acceptors (Lipinski definition) is 2. The molecule has 2 heteroatoms. The molecular formula is C20H36N2. The van der Waals surface area contributed by atoms with Gasteiger partial charge >= 0.3 is 0 Å². The Bertz CT molecular complexity index is 343. The third-order valence-electron chi connectivity index (χ3n) is 7.26. The zero-order valence-corrected chi connectivity index (χ0v) is 15.2. The van der Waals surface area contributed by atoms with Crippen LogP contribution in [0.5, 0.6) is 0 Å². The summed E-state index contributed by atoms with van der Waals surface area (Å²) in [4.78, 5) is 5.64. The lowest BCUT2D eigenvalue weighted by atomic mass is 9.52. The van der Waals surface area contributed by atoms with Crippen molar-refractivity contribution >= 4 is 0 Å². The molecule has 2 saturated heterocycles. The van der Waals surface area contributed by atoms with Gasteiger partial charge in [0.05, 0.1) is 0 Å². The van der Waals surface area contributed by atoms with Gasteiger partial charge in [0.15, 0.2) is 0 Å². The van der Waals surface area contributed by atoms with E-state index in [1.54, 1.807) is 12.8 Å². The van der Waals surface area contributed by atoms with Crippen LogP contribution in [0.15, 0.2) is 0 Å². The summed E-state index contributed by atoms with van der Waals surface area (Å²) in [7, 11) is 0. The minimum absolute atomic E-state index is 0.832. The first-order valence-corrected chi connectivity index (χ1v) is 9.97. The van der Waals surface area contributed by atoms with Crippen molar-refractivity contribution in [2.24, 2.45) is 47.3 Å². The van der Waals surface area contributed by atoms with Gasteiger partial charge in [-0.2, -0.15) is 0 Å². The van der Waals surface area contributed by atoms with Crippen molar-refractivity contribution in [2.45, 2.75) is 40.5 Å². The molecule has 4 atom stereocenters. The number of hydrogen-bond donors (Lipinski definition) is 0. The maximum atomic E-state index is 2.82. The van der Waals surface area contributed by atoms with Crippen molar-refractivity contribution in [1.29, 1.82) is 0 Å². The molecule has 3 aliphatic carbocycles. The van der Waals surface area contributed by atoms with E-state index in [1.807, 2.05) is 0 Å². The van der Waals surface area contributed by atoms with E-state index in [9.17, 15) is 0 Å². The van der Waals surface area contributed by atoms with Crippen LogP contribution in [0.1, 0.15) is 40.5 Å². The lowest BCUT2D eigenvalue weighted by molar-refractivity contribution is -0.0289. The molecule has 0 spiro atoms. The van der Waals surface area contributed by atoms with Crippen LogP contribution in [-0.2, 0) is 0 Å². The maximum Gasteiger partial charge on any atom is 0.00159 e. The zero-order chi connectivity index (χ0) is 15.4. The van der Waals surface area contributed by atoms with Crippen LogP contribution in [0.25, 0.3) is 0 Å². The number of rotatable bonds is 4. The van der Waals surface area contributed by atoms with E-state index in [0.717, 1.165) is 47.3 Å². The highest BCUT2D eigenvalue weighted by Gasteiger charge is 2.58. The summed E-state index contributed by atoms with van der Waals surface area (Å²) in [5, 5.41) is 0. The van der Waals surface area contributed by atoms with Crippen molar-refractivity contribution in [3.05, 3.63) is 0 Å². The highest BCUT2D eigenvalue weighted by Crippen LogP contribution is 2.59. The van der Waals surface area contributed by atoms with E-state index >= 15 is 0 Å². The first-order valence-electron chi connectivity index (χ1n) is 9.97. The Morgan fingerprint density at radius 3 is 1.18 bits per heavy atom. The Morgan fingerprint density at radius 1 is 0.591 bits per heavy atom. The molecule has 2 bridgehead atoms. The smallest absolute Gasteiger partial charge is 0.00159 e. The summed E-state index contributed by atoms with van der Waals surface area (Å²) in [5.41, 5.74) is 0. The van der Waals surface area contributed by atoms with E-state index in [2.05, 4.69) is 37.5 Å². The second-order valence-electron chi connectivity index (χ2n) is 9.79. The van der Waals surface area contributed by atoms with Gasteiger partial charge in [0.2, 0.25) is 0 Å². The first kappa shape index (κ1) is 15.4. The Hall–Kier alpha value is -0.0800. The fourth-order valence-electron chi connectivity index (χ4n) is 6.90. The van der Waals surface area contributed by atoms with Gasteiger partial charge in [-0.3, -0.25) is 0 Å². The van der Waals surface area contributed by atoms with Gasteiger partial charge in [0.25, 0.3) is 0 Å². The van der Waals surface area contributed by atoms with E-state index in [1.165, 1.54) is 39.3 Å². The molecule has 22 heavy (non-hydrogen) atoms. The minimum Gasteiger partial charge on any atom is -0.302 e. The van der Waals surface area contributed by atoms with Crippen LogP contribution < -0.4 is 0 Å². The van der Waals surface area contributed by atoms with Gasteiger partial charge < -0.3 is 9.80 Å². The topological polar surface area (TPSA) is 6.48 Å². The van der Waals surface area contributed by atoms with Crippen molar-refractivity contribution in [2.75, 3.05) is 39.3 Å². The molecule has 5 aliphatic rings. The van der Waals surface area contributed by atoms with Crippen molar-refractivity contribution in [3.8, 4) is 0 Å². The molecule has 0 amide bonds. The molecule has 0 aromatic rings. The fourth-order valence-corrected chi connectivity index (χ4v) is 6.90. The predicted octanol–water partition coefficient (Wildman–Crippen LogP) is 3.43. The molecule has 126 valence electrons. The molecular weight excluding hydrogens is 268 g/mol. The zero-order valence-electron chi connectivity index (χ0n) is 15.2. The van der Waals surface area contributed by atoms with Crippen LogP contribution >= 0.6 is 0 Å². The Kier molecular flexibility index (Phi) is 4.05. The van der Waals surface area contributed by atoms with Crippen LogP contribution in [0.2, 0.25) is 0 Å². The van der Waals surface area contributed by atoms with E-state index in [-0.39, 0.29) is 0 Å². The second-order valence-corrected chi connectivity index (χ2v) is 9.79. The Balaban J connectivity index is 1.47. The number of nitrogens with zero attached hydrogens (tertiary/aromatic N) is 2. The Morgan fingerprint density at radius 2 is 0.909 bits per heavy atom. The molecule has 5 fully saturated rings. The van der Waals surface area contributed by atoms with Crippen molar-refractivity contribution in [3.63, 3.8) is 0 Å². The maximum absolute atomic E-state index is 2.82. The third kappa shape index (κ3) is 2.55. The molecule has 4 unspecified atom stereocenters. The van der Waals surface area contributed by atoms with Crippen molar-refractivity contribution < 1.29 is 0 Å². The van der Waals surface area contributed by atoms with Gasteiger partial charge in [-0.05, 0) is 60.2 Å². The summed E-state index contributed by atoms with van der Waals surface area (Å²) in [6.45, 7) is 17.9.